The monoisotopic (exact) mass is 395 g/mol. The van der Waals surface area contributed by atoms with Crippen LogP contribution in [0.3, 0.4) is 0 Å². The van der Waals surface area contributed by atoms with Crippen LogP contribution in [0, 0.1) is 6.92 Å². The Hall–Kier alpha value is -3.39. The number of carbonyl (C=O) groups excluding carboxylic acids is 1. The number of aromatic nitrogens is 2. The van der Waals surface area contributed by atoms with Gasteiger partial charge in [-0.25, -0.2) is 9.97 Å². The minimum Gasteiger partial charge on any atom is -0.493 e. The number of fused-ring (bicyclic) bond motifs is 1. The SMILES string of the molecule is COc1ccc(-c2nc(C(=O)Nc3ccc4oc(C)nc4c3)cs2)cc1OC. The Bertz CT molecular complexity index is 1170. The lowest BCUT2D eigenvalue weighted by molar-refractivity contribution is 0.102. The zero-order chi connectivity index (χ0) is 19.7. The molecule has 4 rings (SSSR count). The van der Waals surface area contributed by atoms with Crippen LogP contribution in [0.15, 0.2) is 46.2 Å². The molecule has 0 saturated heterocycles. The molecule has 0 atom stereocenters. The minimum atomic E-state index is -0.289. The van der Waals surface area contributed by atoms with E-state index in [-0.39, 0.29) is 5.91 Å². The average molecular weight is 395 g/mol. The van der Waals surface area contributed by atoms with E-state index in [1.165, 1.54) is 11.3 Å². The van der Waals surface area contributed by atoms with Crippen LogP contribution in [-0.4, -0.2) is 30.1 Å². The summed E-state index contributed by atoms with van der Waals surface area (Å²) in [4.78, 5) is 21.3. The van der Waals surface area contributed by atoms with Gasteiger partial charge in [-0.05, 0) is 36.4 Å². The largest absolute Gasteiger partial charge is 0.493 e. The molecule has 0 radical (unpaired) electrons. The molecule has 0 aliphatic heterocycles. The highest BCUT2D eigenvalue weighted by molar-refractivity contribution is 7.13. The molecule has 0 saturated carbocycles. The molecule has 8 heteroatoms. The van der Waals surface area contributed by atoms with E-state index in [1.54, 1.807) is 44.7 Å². The van der Waals surface area contributed by atoms with Gasteiger partial charge in [0.2, 0.25) is 0 Å². The van der Waals surface area contributed by atoms with E-state index in [0.717, 1.165) is 5.56 Å². The van der Waals surface area contributed by atoms with Gasteiger partial charge in [-0.15, -0.1) is 11.3 Å². The normalized spacial score (nSPS) is 10.8. The van der Waals surface area contributed by atoms with Crippen molar-refractivity contribution in [3.05, 3.63) is 53.4 Å². The lowest BCUT2D eigenvalue weighted by atomic mass is 10.2. The molecule has 0 spiro atoms. The molecule has 0 bridgehead atoms. The highest BCUT2D eigenvalue weighted by atomic mass is 32.1. The zero-order valence-corrected chi connectivity index (χ0v) is 16.3. The van der Waals surface area contributed by atoms with Crippen molar-refractivity contribution in [2.45, 2.75) is 6.92 Å². The van der Waals surface area contributed by atoms with Crippen LogP contribution in [0.2, 0.25) is 0 Å². The minimum absolute atomic E-state index is 0.289. The Labute approximate surface area is 164 Å². The van der Waals surface area contributed by atoms with Gasteiger partial charge in [0.1, 0.15) is 16.2 Å². The maximum atomic E-state index is 12.6. The first kappa shape index (κ1) is 18.0. The summed E-state index contributed by atoms with van der Waals surface area (Å²) in [6.45, 7) is 1.78. The van der Waals surface area contributed by atoms with Crippen LogP contribution in [0.5, 0.6) is 11.5 Å². The molecule has 0 fully saturated rings. The van der Waals surface area contributed by atoms with Crippen LogP contribution in [0.4, 0.5) is 5.69 Å². The average Bonchev–Trinajstić information content (AvgIpc) is 3.33. The van der Waals surface area contributed by atoms with Gasteiger partial charge in [-0.3, -0.25) is 4.79 Å². The Kier molecular flexibility index (Phi) is 4.70. The van der Waals surface area contributed by atoms with Gasteiger partial charge >= 0.3 is 0 Å². The first-order chi connectivity index (χ1) is 13.6. The predicted molar refractivity (Wildman–Crippen MR) is 107 cm³/mol. The van der Waals surface area contributed by atoms with Crippen LogP contribution in [0.25, 0.3) is 21.7 Å². The molecule has 2 aromatic heterocycles. The van der Waals surface area contributed by atoms with Crippen molar-refractivity contribution < 1.29 is 18.7 Å². The first-order valence-corrected chi connectivity index (χ1v) is 9.32. The molecule has 0 aliphatic carbocycles. The summed E-state index contributed by atoms with van der Waals surface area (Å²) >= 11 is 1.38. The zero-order valence-electron chi connectivity index (χ0n) is 15.5. The van der Waals surface area contributed by atoms with E-state index in [4.69, 9.17) is 13.9 Å². The Morgan fingerprint density at radius 2 is 1.89 bits per heavy atom. The molecular formula is C20H17N3O4S. The van der Waals surface area contributed by atoms with E-state index in [0.29, 0.717) is 44.9 Å². The van der Waals surface area contributed by atoms with E-state index in [1.807, 2.05) is 18.2 Å². The third kappa shape index (κ3) is 3.41. The highest BCUT2D eigenvalue weighted by Gasteiger charge is 2.14. The Morgan fingerprint density at radius 3 is 2.68 bits per heavy atom. The summed E-state index contributed by atoms with van der Waals surface area (Å²) in [5, 5.41) is 5.28. The standard InChI is InChI=1S/C20H17N3O4S/c1-11-21-14-9-13(5-7-16(14)27-11)22-19(24)15-10-28-20(23-15)12-4-6-17(25-2)18(8-12)26-3/h4-10H,1-3H3,(H,22,24). The molecule has 2 heterocycles. The quantitative estimate of drug-likeness (QED) is 0.534. The molecule has 1 amide bonds. The fourth-order valence-electron chi connectivity index (χ4n) is 2.80. The molecule has 2 aromatic carbocycles. The number of oxazole rings is 1. The van der Waals surface area contributed by atoms with Crippen molar-refractivity contribution in [1.82, 2.24) is 9.97 Å². The van der Waals surface area contributed by atoms with Gasteiger partial charge in [-0.2, -0.15) is 0 Å². The molecule has 0 unspecified atom stereocenters. The second-order valence-electron chi connectivity index (χ2n) is 5.98. The fraction of sp³-hybridized carbons (Fsp3) is 0.150. The number of nitrogens with zero attached hydrogens (tertiary/aromatic N) is 2. The van der Waals surface area contributed by atoms with Crippen LogP contribution in [0.1, 0.15) is 16.4 Å². The fourth-order valence-corrected chi connectivity index (χ4v) is 3.59. The maximum absolute atomic E-state index is 12.6. The van der Waals surface area contributed by atoms with E-state index >= 15 is 0 Å². The summed E-state index contributed by atoms with van der Waals surface area (Å²) in [6.07, 6.45) is 0. The summed E-state index contributed by atoms with van der Waals surface area (Å²) < 4.78 is 16.0. The highest BCUT2D eigenvalue weighted by Crippen LogP contribution is 2.33. The smallest absolute Gasteiger partial charge is 0.275 e. The summed E-state index contributed by atoms with van der Waals surface area (Å²) in [5.41, 5.74) is 3.19. The van der Waals surface area contributed by atoms with Crippen LogP contribution >= 0.6 is 11.3 Å². The number of methoxy groups -OCH3 is 2. The van der Waals surface area contributed by atoms with E-state index < -0.39 is 0 Å². The Morgan fingerprint density at radius 1 is 1.07 bits per heavy atom. The number of hydrogen-bond acceptors (Lipinski definition) is 7. The van der Waals surface area contributed by atoms with Gasteiger partial charge in [0, 0.05) is 23.6 Å². The number of thiazole rings is 1. The van der Waals surface area contributed by atoms with Crippen LogP contribution in [-0.2, 0) is 0 Å². The number of rotatable bonds is 5. The van der Waals surface area contributed by atoms with Gasteiger partial charge in [0.05, 0.1) is 14.2 Å². The summed E-state index contributed by atoms with van der Waals surface area (Å²) in [7, 11) is 3.16. The van der Waals surface area contributed by atoms with E-state index in [2.05, 4.69) is 15.3 Å². The van der Waals surface area contributed by atoms with Gasteiger partial charge in [0.25, 0.3) is 5.91 Å². The maximum Gasteiger partial charge on any atom is 0.275 e. The van der Waals surface area contributed by atoms with Gasteiger partial charge in [-0.1, -0.05) is 0 Å². The second kappa shape index (κ2) is 7.32. The first-order valence-electron chi connectivity index (χ1n) is 8.44. The molecule has 1 N–H and O–H groups in total. The van der Waals surface area contributed by atoms with Gasteiger partial charge in [0.15, 0.2) is 23.0 Å². The molecule has 28 heavy (non-hydrogen) atoms. The molecule has 0 aliphatic rings. The van der Waals surface area contributed by atoms with Crippen molar-refractivity contribution in [1.29, 1.82) is 0 Å². The number of ether oxygens (including phenoxy) is 2. The number of aryl methyl sites for hydroxylation is 1. The number of nitrogens with one attached hydrogen (secondary N) is 1. The molecule has 7 nitrogen and oxygen atoms in total. The second-order valence-corrected chi connectivity index (χ2v) is 6.84. The topological polar surface area (TPSA) is 86.5 Å². The van der Waals surface area contributed by atoms with Crippen molar-refractivity contribution in [2.24, 2.45) is 0 Å². The van der Waals surface area contributed by atoms with Crippen molar-refractivity contribution in [2.75, 3.05) is 19.5 Å². The third-order valence-electron chi connectivity index (χ3n) is 4.12. The summed E-state index contributed by atoms with van der Waals surface area (Å²) in [6, 6.07) is 10.8. The molecule has 4 aromatic rings. The van der Waals surface area contributed by atoms with Crippen LogP contribution < -0.4 is 14.8 Å². The number of benzene rings is 2. The van der Waals surface area contributed by atoms with Crippen molar-refractivity contribution >= 4 is 34.0 Å². The lowest BCUT2D eigenvalue weighted by Crippen LogP contribution is -2.12. The number of amides is 1. The van der Waals surface area contributed by atoms with Gasteiger partial charge < -0.3 is 19.2 Å². The predicted octanol–water partition coefficient (Wildman–Crippen LogP) is 4.53. The molecule has 142 valence electrons. The Balaban J connectivity index is 1.55. The number of hydrogen-bond donors (Lipinski definition) is 1. The number of anilines is 1. The number of carbonyl (C=O) groups is 1. The van der Waals surface area contributed by atoms with Crippen molar-refractivity contribution in [3.63, 3.8) is 0 Å². The molecular weight excluding hydrogens is 378 g/mol. The third-order valence-corrected chi connectivity index (χ3v) is 5.01. The summed E-state index contributed by atoms with van der Waals surface area (Å²) in [5.74, 6) is 1.54. The van der Waals surface area contributed by atoms with E-state index in [9.17, 15) is 4.79 Å². The lowest BCUT2D eigenvalue weighted by Gasteiger charge is -2.08. The van der Waals surface area contributed by atoms with Crippen molar-refractivity contribution in [3.8, 4) is 22.1 Å².